The monoisotopic (exact) mass is 563 g/mol. The molecular weight excluding hydrogens is 530 g/mol. The van der Waals surface area contributed by atoms with E-state index in [-0.39, 0.29) is 42.5 Å². The maximum absolute atomic E-state index is 12.7. The highest BCUT2D eigenvalue weighted by Crippen LogP contribution is 2.31. The summed E-state index contributed by atoms with van der Waals surface area (Å²) in [6.07, 6.45) is 1.64. The van der Waals surface area contributed by atoms with Crippen molar-refractivity contribution in [2.75, 3.05) is 25.5 Å². The van der Waals surface area contributed by atoms with E-state index in [4.69, 9.17) is 9.47 Å². The zero-order chi connectivity index (χ0) is 28.6. The van der Waals surface area contributed by atoms with Crippen LogP contribution in [0.25, 0.3) is 0 Å². The lowest BCUT2D eigenvalue weighted by molar-refractivity contribution is -0.132. The number of likely N-dealkylation sites (tertiary alicyclic amines) is 1. The number of thiazole rings is 1. The number of anilines is 1. The topological polar surface area (TPSA) is 115 Å². The van der Waals surface area contributed by atoms with Crippen molar-refractivity contribution >= 4 is 40.6 Å². The molecule has 3 aromatic rings. The number of carbonyl (C=O) groups excluding carboxylic acids is 4. The van der Waals surface area contributed by atoms with Crippen LogP contribution < -0.4 is 10.1 Å². The molecule has 1 aromatic heterocycles. The molecule has 0 bridgehead atoms. The van der Waals surface area contributed by atoms with Crippen LogP contribution in [0, 0.1) is 0 Å². The molecule has 0 aliphatic carbocycles. The predicted molar refractivity (Wildman–Crippen MR) is 152 cm³/mol. The second kappa shape index (κ2) is 13.3. The average molecular weight is 564 g/mol. The van der Waals surface area contributed by atoms with Crippen LogP contribution in [0.2, 0.25) is 0 Å². The maximum Gasteiger partial charge on any atom is 0.338 e. The van der Waals surface area contributed by atoms with Gasteiger partial charge in [-0.2, -0.15) is 0 Å². The molecule has 40 heavy (non-hydrogen) atoms. The van der Waals surface area contributed by atoms with Gasteiger partial charge in [-0.05, 0) is 75.2 Å². The van der Waals surface area contributed by atoms with Gasteiger partial charge in [-0.3, -0.25) is 14.4 Å². The standard InChI is InChI=1S/C30H33N3O6S/c1-19(2)39-30(37)22-4-8-23(9-5-22)31-28(36)25-18-40-29(32-25)21-14-16-33(17-15-21)27(35)13-12-26(34)20-6-10-24(38-3)11-7-20/h4-11,18-19,21H,12-17H2,1-3H3,(H,31,36). The minimum absolute atomic E-state index is 0.0250. The fraction of sp³-hybridized carbons (Fsp3) is 0.367. The average Bonchev–Trinajstić information content (AvgIpc) is 3.46. The van der Waals surface area contributed by atoms with E-state index >= 15 is 0 Å². The molecule has 0 saturated carbocycles. The zero-order valence-corrected chi connectivity index (χ0v) is 23.7. The molecule has 10 heteroatoms. The number of benzene rings is 2. The Morgan fingerprint density at radius 1 is 0.975 bits per heavy atom. The van der Waals surface area contributed by atoms with Crippen molar-refractivity contribution in [3.8, 4) is 5.75 Å². The fourth-order valence-corrected chi connectivity index (χ4v) is 5.39. The Labute approximate surface area is 237 Å². The molecule has 4 rings (SSSR count). The molecule has 0 spiro atoms. The number of nitrogens with zero attached hydrogens (tertiary/aromatic N) is 2. The van der Waals surface area contributed by atoms with Crippen LogP contribution >= 0.6 is 11.3 Å². The molecule has 9 nitrogen and oxygen atoms in total. The van der Waals surface area contributed by atoms with Crippen molar-refractivity contribution < 1.29 is 28.7 Å². The van der Waals surface area contributed by atoms with Gasteiger partial charge in [0.25, 0.3) is 5.91 Å². The Morgan fingerprint density at radius 3 is 2.25 bits per heavy atom. The van der Waals surface area contributed by atoms with Crippen molar-refractivity contribution in [1.29, 1.82) is 0 Å². The quantitative estimate of drug-likeness (QED) is 0.262. The lowest BCUT2D eigenvalue weighted by Gasteiger charge is -2.31. The highest BCUT2D eigenvalue weighted by atomic mass is 32.1. The number of carbonyl (C=O) groups is 4. The fourth-order valence-electron chi connectivity index (χ4n) is 4.42. The summed E-state index contributed by atoms with van der Waals surface area (Å²) in [5.74, 6) is 0.0242. The number of methoxy groups -OCH3 is 1. The number of amides is 2. The number of hydrogen-bond donors (Lipinski definition) is 1. The maximum atomic E-state index is 12.7. The second-order valence-corrected chi connectivity index (χ2v) is 10.8. The van der Waals surface area contributed by atoms with Crippen LogP contribution in [0.3, 0.4) is 0 Å². The van der Waals surface area contributed by atoms with Gasteiger partial charge < -0.3 is 19.7 Å². The van der Waals surface area contributed by atoms with Crippen LogP contribution in [-0.4, -0.2) is 59.8 Å². The summed E-state index contributed by atoms with van der Waals surface area (Å²) in [6, 6.07) is 13.4. The first-order valence-electron chi connectivity index (χ1n) is 13.3. The molecule has 0 radical (unpaired) electrons. The molecule has 1 aliphatic rings. The first-order valence-corrected chi connectivity index (χ1v) is 14.1. The van der Waals surface area contributed by atoms with Gasteiger partial charge in [0, 0.05) is 48.5 Å². The number of aromatic nitrogens is 1. The minimum Gasteiger partial charge on any atom is -0.497 e. The Bertz CT molecular complexity index is 1340. The molecule has 1 fully saturated rings. The SMILES string of the molecule is COc1ccc(C(=O)CCC(=O)N2CCC(c3nc(C(=O)Nc4ccc(C(=O)OC(C)C)cc4)cs3)CC2)cc1. The molecule has 2 aromatic carbocycles. The lowest BCUT2D eigenvalue weighted by atomic mass is 9.97. The molecule has 2 heterocycles. The summed E-state index contributed by atoms with van der Waals surface area (Å²) >= 11 is 1.44. The van der Waals surface area contributed by atoms with Gasteiger partial charge in [0.15, 0.2) is 5.78 Å². The van der Waals surface area contributed by atoms with Crippen molar-refractivity contribution in [3.63, 3.8) is 0 Å². The summed E-state index contributed by atoms with van der Waals surface area (Å²) in [4.78, 5) is 56.3. The van der Waals surface area contributed by atoms with Crippen LogP contribution in [0.15, 0.2) is 53.9 Å². The number of ketones is 1. The molecule has 0 unspecified atom stereocenters. The van der Waals surface area contributed by atoms with Crippen molar-refractivity contribution in [3.05, 3.63) is 75.7 Å². The molecule has 1 N–H and O–H groups in total. The Morgan fingerprint density at radius 2 is 1.62 bits per heavy atom. The normalized spacial score (nSPS) is 13.7. The lowest BCUT2D eigenvalue weighted by Crippen LogP contribution is -2.38. The van der Waals surface area contributed by atoms with Gasteiger partial charge in [-0.1, -0.05) is 0 Å². The van der Waals surface area contributed by atoms with Crippen LogP contribution in [0.4, 0.5) is 5.69 Å². The summed E-state index contributed by atoms with van der Waals surface area (Å²) in [7, 11) is 1.57. The Kier molecular flexibility index (Phi) is 9.65. The van der Waals surface area contributed by atoms with E-state index in [0.717, 1.165) is 17.8 Å². The summed E-state index contributed by atoms with van der Waals surface area (Å²) in [5, 5.41) is 5.42. The number of Topliss-reactive ketones (excluding diaryl/α,β-unsaturated/α-hetero) is 1. The van der Waals surface area contributed by atoms with Gasteiger partial charge >= 0.3 is 5.97 Å². The van der Waals surface area contributed by atoms with E-state index in [1.165, 1.54) is 11.3 Å². The van der Waals surface area contributed by atoms with Gasteiger partial charge in [-0.15, -0.1) is 11.3 Å². The third kappa shape index (κ3) is 7.53. The number of ether oxygens (including phenoxy) is 2. The molecular formula is C30H33N3O6S. The molecule has 2 amide bonds. The third-order valence-electron chi connectivity index (χ3n) is 6.65. The third-order valence-corrected chi connectivity index (χ3v) is 7.66. The minimum atomic E-state index is -0.410. The highest BCUT2D eigenvalue weighted by molar-refractivity contribution is 7.10. The molecule has 0 atom stereocenters. The Balaban J connectivity index is 1.23. The van der Waals surface area contributed by atoms with Crippen LogP contribution in [0.5, 0.6) is 5.75 Å². The summed E-state index contributed by atoms with van der Waals surface area (Å²) in [5.41, 5.74) is 1.87. The second-order valence-electron chi connectivity index (χ2n) is 9.86. The largest absolute Gasteiger partial charge is 0.497 e. The van der Waals surface area contributed by atoms with E-state index < -0.39 is 5.97 Å². The van der Waals surface area contributed by atoms with Gasteiger partial charge in [0.1, 0.15) is 11.4 Å². The van der Waals surface area contributed by atoms with E-state index in [1.54, 1.807) is 79.8 Å². The molecule has 210 valence electrons. The number of hydrogen-bond acceptors (Lipinski definition) is 8. The first kappa shape index (κ1) is 28.9. The van der Waals surface area contributed by atoms with Crippen LogP contribution in [0.1, 0.15) is 81.7 Å². The summed E-state index contributed by atoms with van der Waals surface area (Å²) < 4.78 is 10.3. The van der Waals surface area contributed by atoms with E-state index in [1.807, 2.05) is 0 Å². The van der Waals surface area contributed by atoms with Crippen LogP contribution in [-0.2, 0) is 9.53 Å². The number of piperidine rings is 1. The number of esters is 1. The predicted octanol–water partition coefficient (Wildman–Crippen LogP) is 5.34. The van der Waals surface area contributed by atoms with Crippen molar-refractivity contribution in [2.45, 2.75) is 51.6 Å². The summed E-state index contributed by atoms with van der Waals surface area (Å²) in [6.45, 7) is 4.75. The Hall–Kier alpha value is -4.05. The van der Waals surface area contributed by atoms with Crippen molar-refractivity contribution in [2.24, 2.45) is 0 Å². The van der Waals surface area contributed by atoms with E-state index in [0.29, 0.717) is 41.3 Å². The smallest absolute Gasteiger partial charge is 0.338 e. The van der Waals surface area contributed by atoms with E-state index in [2.05, 4.69) is 10.3 Å². The first-order chi connectivity index (χ1) is 19.2. The number of rotatable bonds is 10. The zero-order valence-electron chi connectivity index (χ0n) is 22.8. The molecule has 1 aliphatic heterocycles. The molecule has 1 saturated heterocycles. The van der Waals surface area contributed by atoms with Gasteiger partial charge in [0.2, 0.25) is 5.91 Å². The number of nitrogens with one attached hydrogen (secondary N) is 1. The van der Waals surface area contributed by atoms with Gasteiger partial charge in [0.05, 0.1) is 23.8 Å². The highest BCUT2D eigenvalue weighted by Gasteiger charge is 2.26. The van der Waals surface area contributed by atoms with Gasteiger partial charge in [-0.25, -0.2) is 9.78 Å². The van der Waals surface area contributed by atoms with E-state index in [9.17, 15) is 19.2 Å². The van der Waals surface area contributed by atoms with Crippen molar-refractivity contribution in [1.82, 2.24) is 9.88 Å².